The molecule has 0 aromatic heterocycles. The Balaban J connectivity index is 1.82. The summed E-state index contributed by atoms with van der Waals surface area (Å²) in [5.74, 6) is -2.23. The average Bonchev–Trinajstić information content (AvgIpc) is 3.16. The van der Waals surface area contributed by atoms with Crippen molar-refractivity contribution in [2.45, 2.75) is 51.0 Å². The van der Waals surface area contributed by atoms with Gasteiger partial charge < -0.3 is 14.2 Å². The highest BCUT2D eigenvalue weighted by atomic mass is 19.4. The second-order valence-corrected chi connectivity index (χ2v) is 6.03. The van der Waals surface area contributed by atoms with E-state index in [1.165, 1.54) is 12.1 Å². The zero-order valence-electron chi connectivity index (χ0n) is 12.5. The lowest BCUT2D eigenvalue weighted by molar-refractivity contribution is -0.276. The molecule has 3 nitrogen and oxygen atoms in total. The lowest BCUT2D eigenvalue weighted by atomic mass is 10.2. The molecule has 0 bridgehead atoms. The summed E-state index contributed by atoms with van der Waals surface area (Å²) in [6.45, 7) is 0.297. The van der Waals surface area contributed by atoms with E-state index >= 15 is 0 Å². The number of alkyl halides is 3. The molecule has 23 heavy (non-hydrogen) atoms. The molecule has 128 valence electrons. The van der Waals surface area contributed by atoms with Crippen LogP contribution in [0.1, 0.15) is 38.5 Å². The van der Waals surface area contributed by atoms with Crippen molar-refractivity contribution in [3.8, 4) is 17.2 Å². The van der Waals surface area contributed by atoms with Crippen molar-refractivity contribution in [3.63, 3.8) is 0 Å². The van der Waals surface area contributed by atoms with E-state index in [1.54, 1.807) is 0 Å². The third-order valence-corrected chi connectivity index (χ3v) is 4.01. The van der Waals surface area contributed by atoms with Crippen LogP contribution in [0.5, 0.6) is 17.2 Å². The number of rotatable bonds is 6. The van der Waals surface area contributed by atoms with Gasteiger partial charge in [0.05, 0.1) is 12.7 Å². The number of benzene rings is 1. The summed E-state index contributed by atoms with van der Waals surface area (Å²) in [6, 6.07) is 2.58. The molecule has 0 radical (unpaired) electrons. The fourth-order valence-corrected chi connectivity index (χ4v) is 2.61. The molecular formula is C16H18F4O3. The van der Waals surface area contributed by atoms with Gasteiger partial charge in [0, 0.05) is 0 Å². The summed E-state index contributed by atoms with van der Waals surface area (Å²) in [5, 5.41) is 0. The smallest absolute Gasteiger partial charge is 0.490 e. The van der Waals surface area contributed by atoms with Gasteiger partial charge in [0.25, 0.3) is 0 Å². The van der Waals surface area contributed by atoms with Gasteiger partial charge in [0.2, 0.25) is 11.6 Å². The summed E-state index contributed by atoms with van der Waals surface area (Å²) in [5.41, 5.74) is 0. The van der Waals surface area contributed by atoms with Gasteiger partial charge in [0.1, 0.15) is 0 Å². The summed E-state index contributed by atoms with van der Waals surface area (Å²) in [7, 11) is 0. The largest absolute Gasteiger partial charge is 0.573 e. The maximum absolute atomic E-state index is 14.4. The van der Waals surface area contributed by atoms with Gasteiger partial charge in [-0.05, 0) is 56.6 Å². The highest BCUT2D eigenvalue weighted by Gasteiger charge is 2.36. The van der Waals surface area contributed by atoms with E-state index in [2.05, 4.69) is 4.74 Å². The highest BCUT2D eigenvalue weighted by molar-refractivity contribution is 5.47. The minimum atomic E-state index is -5.00. The van der Waals surface area contributed by atoms with Gasteiger partial charge in [-0.2, -0.15) is 4.39 Å². The Morgan fingerprint density at radius 2 is 1.65 bits per heavy atom. The topological polar surface area (TPSA) is 27.7 Å². The molecule has 1 aromatic carbocycles. The van der Waals surface area contributed by atoms with Gasteiger partial charge in [-0.25, -0.2) is 0 Å². The first-order chi connectivity index (χ1) is 10.9. The first kappa shape index (κ1) is 16.2. The van der Waals surface area contributed by atoms with E-state index in [-0.39, 0.29) is 17.6 Å². The third-order valence-electron chi connectivity index (χ3n) is 4.01. The Morgan fingerprint density at radius 1 is 1.00 bits per heavy atom. The molecule has 0 aliphatic heterocycles. The van der Waals surface area contributed by atoms with Crippen LogP contribution in [0.3, 0.4) is 0 Å². The monoisotopic (exact) mass is 334 g/mol. The molecule has 0 atom stereocenters. The summed E-state index contributed by atoms with van der Waals surface area (Å²) in [6.07, 6.45) is 0.177. The van der Waals surface area contributed by atoms with Crippen LogP contribution in [-0.2, 0) is 0 Å². The molecule has 7 heteroatoms. The van der Waals surface area contributed by atoms with Gasteiger partial charge in [-0.3, -0.25) is 0 Å². The number of hydrogen-bond acceptors (Lipinski definition) is 3. The third kappa shape index (κ3) is 4.42. The van der Waals surface area contributed by atoms with Gasteiger partial charge in [-0.15, -0.1) is 13.2 Å². The minimum absolute atomic E-state index is 0.205. The lowest BCUT2D eigenvalue weighted by Crippen LogP contribution is -2.20. The van der Waals surface area contributed by atoms with Crippen LogP contribution in [0.4, 0.5) is 17.6 Å². The molecule has 3 rings (SSSR count). The molecule has 2 aliphatic carbocycles. The summed E-state index contributed by atoms with van der Waals surface area (Å²) < 4.78 is 66.8. The molecule has 0 heterocycles. The predicted molar refractivity (Wildman–Crippen MR) is 74.2 cm³/mol. The maximum Gasteiger partial charge on any atom is 0.573 e. The standard InChI is InChI=1S/C16H18F4O3/c17-14-12(21-9-10-5-6-10)7-8-13(15(14)23-16(18,19)20)22-11-3-1-2-4-11/h7-8,10-11H,1-6,9H2. The van der Waals surface area contributed by atoms with Crippen LogP contribution in [0.2, 0.25) is 0 Å². The molecule has 0 unspecified atom stereocenters. The SMILES string of the molecule is Fc1c(OCC2CC2)ccc(OC2CCCC2)c1OC(F)(F)F. The molecule has 0 saturated heterocycles. The van der Waals surface area contributed by atoms with E-state index in [9.17, 15) is 17.6 Å². The van der Waals surface area contributed by atoms with E-state index in [0.29, 0.717) is 12.5 Å². The Kier molecular flexibility index (Phi) is 4.55. The highest BCUT2D eigenvalue weighted by Crippen LogP contribution is 2.41. The van der Waals surface area contributed by atoms with Crippen molar-refractivity contribution in [1.82, 2.24) is 0 Å². The van der Waals surface area contributed by atoms with Gasteiger partial charge in [-0.1, -0.05) is 0 Å². The van der Waals surface area contributed by atoms with E-state index in [1.807, 2.05) is 0 Å². The summed E-state index contributed by atoms with van der Waals surface area (Å²) >= 11 is 0. The van der Waals surface area contributed by atoms with Crippen LogP contribution < -0.4 is 14.2 Å². The van der Waals surface area contributed by atoms with Crippen molar-refractivity contribution in [2.75, 3.05) is 6.61 Å². The normalized spacial score (nSPS) is 19.0. The molecule has 2 aliphatic rings. The first-order valence-corrected chi connectivity index (χ1v) is 7.80. The predicted octanol–water partition coefficient (Wildman–Crippen LogP) is 4.83. The Hall–Kier alpha value is -1.66. The van der Waals surface area contributed by atoms with Crippen LogP contribution >= 0.6 is 0 Å². The van der Waals surface area contributed by atoms with Crippen LogP contribution in [0.25, 0.3) is 0 Å². The van der Waals surface area contributed by atoms with Crippen molar-refractivity contribution in [1.29, 1.82) is 0 Å². The number of ether oxygens (including phenoxy) is 3. The van der Waals surface area contributed by atoms with Crippen molar-refractivity contribution >= 4 is 0 Å². The molecular weight excluding hydrogens is 316 g/mol. The van der Waals surface area contributed by atoms with Crippen LogP contribution in [-0.4, -0.2) is 19.1 Å². The number of hydrogen-bond donors (Lipinski definition) is 0. The number of halogens is 4. The fraction of sp³-hybridized carbons (Fsp3) is 0.625. The van der Waals surface area contributed by atoms with Crippen molar-refractivity contribution in [2.24, 2.45) is 5.92 Å². The Bertz CT molecular complexity index is 549. The van der Waals surface area contributed by atoms with Crippen LogP contribution in [0, 0.1) is 11.7 Å². The quantitative estimate of drug-likeness (QED) is 0.697. The zero-order valence-corrected chi connectivity index (χ0v) is 12.5. The molecule has 1 aromatic rings. The fourth-order valence-electron chi connectivity index (χ4n) is 2.61. The first-order valence-electron chi connectivity index (χ1n) is 7.80. The molecule has 0 spiro atoms. The second kappa shape index (κ2) is 6.45. The Morgan fingerprint density at radius 3 is 2.26 bits per heavy atom. The second-order valence-electron chi connectivity index (χ2n) is 6.03. The zero-order chi connectivity index (χ0) is 16.4. The summed E-state index contributed by atoms with van der Waals surface area (Å²) in [4.78, 5) is 0. The van der Waals surface area contributed by atoms with E-state index < -0.39 is 17.9 Å². The average molecular weight is 334 g/mol. The molecule has 0 amide bonds. The van der Waals surface area contributed by atoms with Gasteiger partial charge in [0.15, 0.2) is 11.5 Å². The minimum Gasteiger partial charge on any atom is -0.490 e. The van der Waals surface area contributed by atoms with Gasteiger partial charge >= 0.3 is 6.36 Å². The van der Waals surface area contributed by atoms with Crippen molar-refractivity contribution < 1.29 is 31.8 Å². The lowest BCUT2D eigenvalue weighted by Gasteiger charge is -2.19. The van der Waals surface area contributed by atoms with E-state index in [0.717, 1.165) is 38.5 Å². The molecule has 0 N–H and O–H groups in total. The Labute approximate surface area is 131 Å². The molecule has 2 saturated carbocycles. The molecule has 2 fully saturated rings. The van der Waals surface area contributed by atoms with E-state index in [4.69, 9.17) is 9.47 Å². The van der Waals surface area contributed by atoms with Crippen LogP contribution in [0.15, 0.2) is 12.1 Å². The van der Waals surface area contributed by atoms with Crippen molar-refractivity contribution in [3.05, 3.63) is 17.9 Å². The maximum atomic E-state index is 14.4.